The van der Waals surface area contributed by atoms with Gasteiger partial charge in [0.05, 0.1) is 23.2 Å². The largest absolute Gasteiger partial charge is 0.257 e. The van der Waals surface area contributed by atoms with Gasteiger partial charge in [0.25, 0.3) is 0 Å². The van der Waals surface area contributed by atoms with Crippen LogP contribution in [0.15, 0.2) is 12.3 Å². The topological polar surface area (TPSA) is 49.6 Å². The van der Waals surface area contributed by atoms with Crippen molar-refractivity contribution in [2.45, 2.75) is 39.5 Å². The number of hydrogen-bond acceptors (Lipinski definition) is 3. The average Bonchev–Trinajstić information content (AvgIpc) is 2.25. The van der Waals surface area contributed by atoms with Gasteiger partial charge in [0, 0.05) is 12.3 Å². The first-order valence-electron chi connectivity index (χ1n) is 5.49. The first-order chi connectivity index (χ1) is 7.56. The van der Waals surface area contributed by atoms with Crippen molar-refractivity contribution in [2.75, 3.05) is 0 Å². The smallest absolute Gasteiger partial charge is 0.0912 e. The summed E-state index contributed by atoms with van der Waals surface area (Å²) in [5.41, 5.74) is 2.71. The fraction of sp³-hybridized carbons (Fsp3) is 0.462. The molecule has 16 heavy (non-hydrogen) atoms. The standard InChI is InChI=1S/C13H17N3/c1-9(2)12-8-15-13(10(3)4)11(16-12)6-5-7-14/h5-6,8-10H,1-4H3/b6-5+. The van der Waals surface area contributed by atoms with Crippen LogP contribution in [0.4, 0.5) is 0 Å². The van der Waals surface area contributed by atoms with Crippen molar-refractivity contribution in [3.63, 3.8) is 0 Å². The van der Waals surface area contributed by atoms with Crippen molar-refractivity contribution in [3.05, 3.63) is 29.4 Å². The Balaban J connectivity index is 3.22. The van der Waals surface area contributed by atoms with Gasteiger partial charge in [-0.2, -0.15) is 5.26 Å². The molecule has 3 nitrogen and oxygen atoms in total. The lowest BCUT2D eigenvalue weighted by Gasteiger charge is -2.11. The molecule has 0 radical (unpaired) electrons. The fourth-order valence-electron chi connectivity index (χ4n) is 1.39. The predicted octanol–water partition coefficient (Wildman–Crippen LogP) is 3.26. The van der Waals surface area contributed by atoms with Crippen molar-refractivity contribution >= 4 is 6.08 Å². The minimum Gasteiger partial charge on any atom is -0.257 e. The number of allylic oxidation sites excluding steroid dienone is 1. The molecule has 0 saturated carbocycles. The van der Waals surface area contributed by atoms with Gasteiger partial charge < -0.3 is 0 Å². The minimum atomic E-state index is 0.312. The highest BCUT2D eigenvalue weighted by Crippen LogP contribution is 2.19. The van der Waals surface area contributed by atoms with Crippen molar-refractivity contribution in [3.8, 4) is 6.07 Å². The van der Waals surface area contributed by atoms with Crippen molar-refractivity contribution in [1.29, 1.82) is 5.26 Å². The molecule has 3 heteroatoms. The summed E-state index contributed by atoms with van der Waals surface area (Å²) in [6, 6.07) is 1.98. The van der Waals surface area contributed by atoms with Crippen molar-refractivity contribution in [2.24, 2.45) is 0 Å². The highest BCUT2D eigenvalue weighted by molar-refractivity contribution is 5.51. The second-order valence-corrected chi connectivity index (χ2v) is 4.34. The van der Waals surface area contributed by atoms with Gasteiger partial charge in [-0.15, -0.1) is 0 Å². The van der Waals surface area contributed by atoms with Crippen LogP contribution in [-0.4, -0.2) is 9.97 Å². The number of nitrogens with zero attached hydrogens (tertiary/aromatic N) is 3. The monoisotopic (exact) mass is 215 g/mol. The molecular formula is C13H17N3. The molecular weight excluding hydrogens is 198 g/mol. The van der Waals surface area contributed by atoms with E-state index in [-0.39, 0.29) is 0 Å². The molecule has 1 heterocycles. The van der Waals surface area contributed by atoms with Gasteiger partial charge in [0.1, 0.15) is 0 Å². The van der Waals surface area contributed by atoms with E-state index >= 15 is 0 Å². The Labute approximate surface area is 96.9 Å². The second kappa shape index (κ2) is 5.41. The molecule has 1 rings (SSSR count). The maximum absolute atomic E-state index is 8.55. The van der Waals surface area contributed by atoms with Crippen LogP contribution >= 0.6 is 0 Å². The van der Waals surface area contributed by atoms with E-state index in [4.69, 9.17) is 5.26 Å². The Kier molecular flexibility index (Phi) is 4.19. The van der Waals surface area contributed by atoms with E-state index in [1.165, 1.54) is 6.08 Å². The summed E-state index contributed by atoms with van der Waals surface area (Å²) >= 11 is 0. The van der Waals surface area contributed by atoms with Crippen LogP contribution < -0.4 is 0 Å². The summed E-state index contributed by atoms with van der Waals surface area (Å²) in [6.45, 7) is 8.30. The Hall–Kier alpha value is -1.69. The Morgan fingerprint density at radius 3 is 2.44 bits per heavy atom. The molecule has 0 amide bonds. The number of rotatable bonds is 3. The molecule has 0 fully saturated rings. The molecule has 1 aromatic rings. The summed E-state index contributed by atoms with van der Waals surface area (Å²) in [4.78, 5) is 8.96. The predicted molar refractivity (Wildman–Crippen MR) is 64.9 cm³/mol. The molecule has 0 aliphatic carbocycles. The maximum atomic E-state index is 8.55. The molecule has 0 aliphatic heterocycles. The lowest BCUT2D eigenvalue weighted by molar-refractivity contribution is 0.763. The number of aromatic nitrogens is 2. The van der Waals surface area contributed by atoms with E-state index in [0.717, 1.165) is 17.1 Å². The van der Waals surface area contributed by atoms with E-state index in [2.05, 4.69) is 37.7 Å². The third-order valence-electron chi connectivity index (χ3n) is 2.30. The average molecular weight is 215 g/mol. The van der Waals surface area contributed by atoms with Crippen LogP contribution in [0.2, 0.25) is 0 Å². The molecule has 0 bridgehead atoms. The van der Waals surface area contributed by atoms with Gasteiger partial charge in [-0.25, -0.2) is 4.98 Å². The molecule has 0 unspecified atom stereocenters. The molecule has 1 aromatic heterocycles. The first kappa shape index (κ1) is 12.4. The Morgan fingerprint density at radius 1 is 1.25 bits per heavy atom. The third-order valence-corrected chi connectivity index (χ3v) is 2.30. The molecule has 0 saturated heterocycles. The van der Waals surface area contributed by atoms with E-state index in [1.54, 1.807) is 6.08 Å². The van der Waals surface area contributed by atoms with E-state index in [1.807, 2.05) is 12.3 Å². The molecule has 0 aliphatic rings. The van der Waals surface area contributed by atoms with Gasteiger partial charge >= 0.3 is 0 Å². The van der Waals surface area contributed by atoms with Crippen LogP contribution in [-0.2, 0) is 0 Å². The van der Waals surface area contributed by atoms with Crippen LogP contribution in [0.25, 0.3) is 6.08 Å². The molecule has 0 atom stereocenters. The van der Waals surface area contributed by atoms with Crippen molar-refractivity contribution < 1.29 is 0 Å². The van der Waals surface area contributed by atoms with Gasteiger partial charge in [-0.05, 0) is 17.9 Å². The summed E-state index contributed by atoms with van der Waals surface area (Å²) in [5.74, 6) is 0.662. The molecule has 0 spiro atoms. The lowest BCUT2D eigenvalue weighted by Crippen LogP contribution is -2.03. The van der Waals surface area contributed by atoms with Gasteiger partial charge in [-0.3, -0.25) is 4.98 Å². The van der Waals surface area contributed by atoms with Crippen LogP contribution in [0.1, 0.15) is 56.6 Å². The highest BCUT2D eigenvalue weighted by atomic mass is 14.8. The normalized spacial score (nSPS) is 11.3. The number of hydrogen-bond donors (Lipinski definition) is 0. The molecule has 0 aromatic carbocycles. The maximum Gasteiger partial charge on any atom is 0.0912 e. The summed E-state index contributed by atoms with van der Waals surface area (Å²) in [6.07, 6.45) is 5.00. The zero-order chi connectivity index (χ0) is 12.1. The fourth-order valence-corrected chi connectivity index (χ4v) is 1.39. The Morgan fingerprint density at radius 2 is 1.94 bits per heavy atom. The minimum absolute atomic E-state index is 0.312. The molecule has 84 valence electrons. The zero-order valence-electron chi connectivity index (χ0n) is 10.2. The van der Waals surface area contributed by atoms with Crippen LogP contribution in [0.5, 0.6) is 0 Å². The van der Waals surface area contributed by atoms with Crippen LogP contribution in [0.3, 0.4) is 0 Å². The van der Waals surface area contributed by atoms with Gasteiger partial charge in [0.2, 0.25) is 0 Å². The van der Waals surface area contributed by atoms with E-state index in [9.17, 15) is 0 Å². The Bertz CT molecular complexity index is 425. The first-order valence-corrected chi connectivity index (χ1v) is 5.49. The second-order valence-electron chi connectivity index (χ2n) is 4.34. The van der Waals surface area contributed by atoms with E-state index < -0.39 is 0 Å². The summed E-state index contributed by atoms with van der Waals surface area (Å²) in [5, 5.41) is 8.55. The zero-order valence-corrected chi connectivity index (χ0v) is 10.2. The SMILES string of the molecule is CC(C)c1cnc(C(C)C)c(/C=C/C#N)n1. The van der Waals surface area contributed by atoms with Crippen molar-refractivity contribution in [1.82, 2.24) is 9.97 Å². The summed E-state index contributed by atoms with van der Waals surface area (Å²) < 4.78 is 0. The van der Waals surface area contributed by atoms with Crippen LogP contribution in [0, 0.1) is 11.3 Å². The number of nitriles is 1. The quantitative estimate of drug-likeness (QED) is 0.727. The summed E-state index contributed by atoms with van der Waals surface area (Å²) in [7, 11) is 0. The lowest BCUT2D eigenvalue weighted by atomic mass is 10.1. The third kappa shape index (κ3) is 2.90. The van der Waals surface area contributed by atoms with E-state index in [0.29, 0.717) is 11.8 Å². The van der Waals surface area contributed by atoms with Gasteiger partial charge in [0.15, 0.2) is 0 Å². The van der Waals surface area contributed by atoms with Gasteiger partial charge in [-0.1, -0.05) is 27.7 Å². The highest BCUT2D eigenvalue weighted by Gasteiger charge is 2.10. The molecule has 0 N–H and O–H groups in total.